The van der Waals surface area contributed by atoms with Crippen LogP contribution < -0.4 is 4.90 Å². The molecule has 5 fully saturated rings. The van der Waals surface area contributed by atoms with Gasteiger partial charge in [-0.25, -0.2) is 12.8 Å². The number of sulfone groups is 1. The number of carbonyl (C=O) groups excluding carboxylic acids is 1. The number of carbonyl (C=O) groups is 1. The van der Waals surface area contributed by atoms with Crippen LogP contribution in [0.1, 0.15) is 63.9 Å². The van der Waals surface area contributed by atoms with E-state index in [1.54, 1.807) is 24.3 Å². The van der Waals surface area contributed by atoms with E-state index in [-0.39, 0.29) is 28.4 Å². The first-order valence-electron chi connectivity index (χ1n) is 18.0. The number of esters is 1. The Balaban J connectivity index is 1.03. The Kier molecular flexibility index (Phi) is 9.44. The lowest BCUT2D eigenvalue weighted by molar-refractivity contribution is -0.142. The molecule has 47 heavy (non-hydrogen) atoms. The molecule has 0 bridgehead atoms. The van der Waals surface area contributed by atoms with Crippen molar-refractivity contribution in [1.29, 1.82) is 0 Å². The van der Waals surface area contributed by atoms with Gasteiger partial charge >= 0.3 is 5.97 Å². The molecule has 2 aromatic carbocycles. The van der Waals surface area contributed by atoms with Gasteiger partial charge in [-0.3, -0.25) is 4.79 Å². The number of ether oxygens (including phenoxy) is 1. The van der Waals surface area contributed by atoms with E-state index < -0.39 is 9.84 Å². The molecule has 2 aliphatic carbocycles. The fourth-order valence-electron chi connectivity index (χ4n) is 9.76. The molecule has 0 aromatic heterocycles. The second kappa shape index (κ2) is 13.4. The number of rotatable bonds is 12. The van der Waals surface area contributed by atoms with Gasteiger partial charge in [0.2, 0.25) is 0 Å². The van der Waals surface area contributed by atoms with Gasteiger partial charge in [-0.2, -0.15) is 0 Å². The molecule has 3 aliphatic heterocycles. The number of halogens is 1. The van der Waals surface area contributed by atoms with Gasteiger partial charge in [0, 0.05) is 62.7 Å². The van der Waals surface area contributed by atoms with Crippen molar-refractivity contribution >= 4 is 21.5 Å². The van der Waals surface area contributed by atoms with Crippen molar-refractivity contribution in [2.75, 3.05) is 64.4 Å². The van der Waals surface area contributed by atoms with Crippen LogP contribution in [0.25, 0.3) is 0 Å². The van der Waals surface area contributed by atoms with Crippen molar-refractivity contribution in [3.05, 3.63) is 59.9 Å². The van der Waals surface area contributed by atoms with E-state index in [1.807, 2.05) is 18.2 Å². The average Bonchev–Trinajstić information content (AvgIpc) is 3.81. The quantitative estimate of drug-likeness (QED) is 0.267. The van der Waals surface area contributed by atoms with Gasteiger partial charge in [0.1, 0.15) is 5.82 Å². The van der Waals surface area contributed by atoms with Crippen LogP contribution in [0, 0.1) is 35.4 Å². The second-order valence-electron chi connectivity index (χ2n) is 15.5. The summed E-state index contributed by atoms with van der Waals surface area (Å²) in [6, 6.07) is 14.9. The van der Waals surface area contributed by atoms with E-state index in [1.165, 1.54) is 7.11 Å². The minimum Gasteiger partial charge on any atom is -0.469 e. The molecular weight excluding hydrogens is 614 g/mol. The number of hydrogen-bond acceptors (Lipinski definition) is 7. The van der Waals surface area contributed by atoms with Crippen LogP contribution in [-0.4, -0.2) is 88.9 Å². The summed E-state index contributed by atoms with van der Waals surface area (Å²) in [5.74, 6) is 1.98. The summed E-state index contributed by atoms with van der Waals surface area (Å²) < 4.78 is 45.3. The monoisotopic (exact) mass is 665 g/mol. The van der Waals surface area contributed by atoms with Gasteiger partial charge in [0.15, 0.2) is 9.84 Å². The SMILES string of the molecule is COC(=O)C[C@H]1CCC[C@@H]1[C@](CN1CC(C)C1)(c1cccc(F)c1)C1CCN(CC2CN(c3ccc(S(=O)(=O)C4CC4)cc3)C2)CC1. The number of piperidine rings is 1. The van der Waals surface area contributed by atoms with Crippen molar-refractivity contribution in [3.8, 4) is 0 Å². The normalized spacial score (nSPS) is 26.5. The van der Waals surface area contributed by atoms with Crippen LogP contribution in [0.5, 0.6) is 0 Å². The first-order chi connectivity index (χ1) is 22.7. The van der Waals surface area contributed by atoms with Crippen LogP contribution in [0.2, 0.25) is 0 Å². The van der Waals surface area contributed by atoms with Crippen molar-refractivity contribution in [2.24, 2.45) is 29.6 Å². The molecular formula is C38H52FN3O4S. The lowest BCUT2D eigenvalue weighted by Gasteiger charge is -2.55. The van der Waals surface area contributed by atoms with Crippen molar-refractivity contribution in [3.63, 3.8) is 0 Å². The molecule has 7 rings (SSSR count). The molecule has 7 nitrogen and oxygen atoms in total. The Morgan fingerprint density at radius 3 is 2.30 bits per heavy atom. The van der Waals surface area contributed by atoms with E-state index >= 15 is 0 Å². The topological polar surface area (TPSA) is 70.2 Å². The van der Waals surface area contributed by atoms with E-state index in [0.717, 1.165) is 109 Å². The molecule has 9 heteroatoms. The summed E-state index contributed by atoms with van der Waals surface area (Å²) in [7, 11) is -1.66. The number of likely N-dealkylation sites (tertiary alicyclic amines) is 2. The summed E-state index contributed by atoms with van der Waals surface area (Å²) in [6.45, 7) is 10.5. The summed E-state index contributed by atoms with van der Waals surface area (Å²) in [4.78, 5) is 20.6. The fraction of sp³-hybridized carbons (Fsp3) is 0.658. The highest BCUT2D eigenvalue weighted by atomic mass is 32.2. The highest BCUT2D eigenvalue weighted by molar-refractivity contribution is 7.92. The van der Waals surface area contributed by atoms with Crippen molar-refractivity contribution in [2.45, 2.75) is 73.9 Å². The van der Waals surface area contributed by atoms with Crippen LogP contribution >= 0.6 is 0 Å². The third-order valence-corrected chi connectivity index (χ3v) is 14.5. The largest absolute Gasteiger partial charge is 0.469 e. The number of benzene rings is 2. The molecule has 3 saturated heterocycles. The van der Waals surface area contributed by atoms with Gasteiger partial charge < -0.3 is 19.4 Å². The highest BCUT2D eigenvalue weighted by Crippen LogP contribution is 2.54. The van der Waals surface area contributed by atoms with Gasteiger partial charge in [0.25, 0.3) is 0 Å². The van der Waals surface area contributed by atoms with E-state index in [0.29, 0.717) is 35.0 Å². The summed E-state index contributed by atoms with van der Waals surface area (Å²) in [5, 5.41) is -0.177. The first kappa shape index (κ1) is 33.0. The molecule has 2 saturated carbocycles. The third-order valence-electron chi connectivity index (χ3n) is 12.2. The average molecular weight is 666 g/mol. The maximum atomic E-state index is 15.0. The summed E-state index contributed by atoms with van der Waals surface area (Å²) in [6.07, 6.45) is 7.39. The van der Waals surface area contributed by atoms with Gasteiger partial charge in [0.05, 0.1) is 17.3 Å². The predicted octanol–water partition coefficient (Wildman–Crippen LogP) is 5.78. The number of methoxy groups -OCH3 is 1. The Hall–Kier alpha value is -2.49. The summed E-state index contributed by atoms with van der Waals surface area (Å²) in [5.41, 5.74) is 2.03. The van der Waals surface area contributed by atoms with Crippen LogP contribution in [-0.2, 0) is 24.8 Å². The lowest BCUT2D eigenvalue weighted by atomic mass is 9.56. The molecule has 5 aliphatic rings. The zero-order valence-electron chi connectivity index (χ0n) is 28.2. The van der Waals surface area contributed by atoms with E-state index in [2.05, 4.69) is 27.7 Å². The molecule has 256 valence electrons. The standard InChI is InChI=1S/C38H52FN3O4S/c1-27-21-41(22-27)26-38(31-6-4-7-32(39)20-31,36-8-3-5-29(36)19-37(43)46-2)30-15-17-40(18-16-30)23-28-24-42(25-28)33-9-11-34(12-10-33)47(44,45)35-13-14-35/h4,6-7,9-12,20,27-30,35-36H,3,5,8,13-19,21-26H2,1-2H3/t29-,36+,38+/m1/s1. The Morgan fingerprint density at radius 2 is 1.66 bits per heavy atom. The lowest BCUT2D eigenvalue weighted by Crippen LogP contribution is -2.59. The predicted molar refractivity (Wildman–Crippen MR) is 183 cm³/mol. The fourth-order valence-corrected chi connectivity index (χ4v) is 11.4. The van der Waals surface area contributed by atoms with Gasteiger partial charge in [-0.15, -0.1) is 0 Å². The second-order valence-corrected chi connectivity index (χ2v) is 17.7. The van der Waals surface area contributed by atoms with Crippen molar-refractivity contribution < 1.29 is 22.3 Å². The molecule has 3 atom stereocenters. The Bertz CT molecular complexity index is 1510. The van der Waals surface area contributed by atoms with Crippen molar-refractivity contribution in [1.82, 2.24) is 9.80 Å². The van der Waals surface area contributed by atoms with Crippen LogP contribution in [0.4, 0.5) is 10.1 Å². The third kappa shape index (κ3) is 6.73. The molecule has 0 spiro atoms. The number of hydrogen-bond donors (Lipinski definition) is 0. The molecule has 0 radical (unpaired) electrons. The first-order valence-corrected chi connectivity index (χ1v) is 19.6. The summed E-state index contributed by atoms with van der Waals surface area (Å²) >= 11 is 0. The zero-order chi connectivity index (χ0) is 32.8. The van der Waals surface area contributed by atoms with Crippen LogP contribution in [0.15, 0.2) is 53.4 Å². The maximum Gasteiger partial charge on any atom is 0.305 e. The highest BCUT2D eigenvalue weighted by Gasteiger charge is 2.53. The Morgan fingerprint density at radius 1 is 0.936 bits per heavy atom. The van der Waals surface area contributed by atoms with Gasteiger partial charge in [-0.1, -0.05) is 25.5 Å². The minimum atomic E-state index is -3.15. The smallest absolute Gasteiger partial charge is 0.305 e. The molecule has 0 amide bonds. The molecule has 0 N–H and O–H groups in total. The zero-order valence-corrected chi connectivity index (χ0v) is 29.0. The minimum absolute atomic E-state index is 0.129. The Labute approximate surface area is 280 Å². The van der Waals surface area contributed by atoms with E-state index in [4.69, 9.17) is 4.74 Å². The molecule has 3 heterocycles. The maximum absolute atomic E-state index is 15.0. The van der Waals surface area contributed by atoms with Gasteiger partial charge in [-0.05, 0) is 117 Å². The molecule has 2 aromatic rings. The molecule has 0 unspecified atom stereocenters. The van der Waals surface area contributed by atoms with E-state index in [9.17, 15) is 17.6 Å². The number of nitrogens with zero attached hydrogens (tertiary/aromatic N) is 3. The number of anilines is 1. The van der Waals surface area contributed by atoms with Crippen LogP contribution in [0.3, 0.4) is 0 Å².